The van der Waals surface area contributed by atoms with Crippen LogP contribution in [0.2, 0.25) is 0 Å². The van der Waals surface area contributed by atoms with E-state index in [0.717, 1.165) is 0 Å². The van der Waals surface area contributed by atoms with Crippen LogP contribution in [0.25, 0.3) is 0 Å². The SMILES string of the molecule is CO[C@@H]1NC(=O)C[C@H]1N(C)C. The largest absolute Gasteiger partial charge is 0.360 e. The summed E-state index contributed by atoms with van der Waals surface area (Å²) in [5.74, 6) is 0.0653. The predicted molar refractivity (Wildman–Crippen MR) is 41.0 cm³/mol. The van der Waals surface area contributed by atoms with Gasteiger partial charge in [-0.3, -0.25) is 4.79 Å². The zero-order valence-corrected chi connectivity index (χ0v) is 7.13. The van der Waals surface area contributed by atoms with Gasteiger partial charge in [-0.1, -0.05) is 0 Å². The molecule has 1 fully saturated rings. The lowest BCUT2D eigenvalue weighted by Crippen LogP contribution is -2.41. The first-order valence-electron chi connectivity index (χ1n) is 3.63. The average molecular weight is 158 g/mol. The Hall–Kier alpha value is -0.610. The molecule has 1 N–H and O–H groups in total. The number of nitrogens with one attached hydrogen (secondary N) is 1. The summed E-state index contributed by atoms with van der Waals surface area (Å²) in [6.07, 6.45) is 0.392. The number of nitrogens with zero attached hydrogens (tertiary/aromatic N) is 1. The third-order valence-electron chi connectivity index (χ3n) is 1.96. The van der Waals surface area contributed by atoms with Gasteiger partial charge in [-0.05, 0) is 14.1 Å². The summed E-state index contributed by atoms with van der Waals surface area (Å²) >= 11 is 0. The monoisotopic (exact) mass is 158 g/mol. The Bertz CT molecular complexity index is 159. The second kappa shape index (κ2) is 3.19. The molecule has 0 bridgehead atoms. The molecule has 0 aromatic carbocycles. The predicted octanol–water partition coefficient (Wildman–Crippen LogP) is -0.591. The van der Waals surface area contributed by atoms with Crippen molar-refractivity contribution in [2.24, 2.45) is 0 Å². The number of methoxy groups -OCH3 is 1. The molecule has 0 spiro atoms. The summed E-state index contributed by atoms with van der Waals surface area (Å²) in [7, 11) is 5.49. The van der Waals surface area contributed by atoms with Gasteiger partial charge >= 0.3 is 0 Å². The van der Waals surface area contributed by atoms with E-state index in [9.17, 15) is 4.79 Å². The summed E-state index contributed by atoms with van der Waals surface area (Å²) in [4.78, 5) is 12.9. The van der Waals surface area contributed by atoms with E-state index in [4.69, 9.17) is 4.74 Å². The molecule has 1 aliphatic heterocycles. The lowest BCUT2D eigenvalue weighted by atomic mass is 10.2. The number of carbonyl (C=O) groups excluding carboxylic acids is 1. The van der Waals surface area contributed by atoms with Crippen LogP contribution in [0.3, 0.4) is 0 Å². The van der Waals surface area contributed by atoms with E-state index in [0.29, 0.717) is 6.42 Å². The van der Waals surface area contributed by atoms with Crippen LogP contribution in [0, 0.1) is 0 Å². The number of rotatable bonds is 2. The second-order valence-electron chi connectivity index (χ2n) is 2.96. The zero-order valence-electron chi connectivity index (χ0n) is 7.13. The van der Waals surface area contributed by atoms with E-state index in [1.54, 1.807) is 7.11 Å². The van der Waals surface area contributed by atoms with Crippen molar-refractivity contribution in [3.05, 3.63) is 0 Å². The molecule has 1 amide bonds. The normalized spacial score (nSPS) is 31.1. The smallest absolute Gasteiger partial charge is 0.223 e. The fraction of sp³-hybridized carbons (Fsp3) is 0.857. The highest BCUT2D eigenvalue weighted by molar-refractivity contribution is 5.79. The molecule has 1 heterocycles. The van der Waals surface area contributed by atoms with Gasteiger partial charge in [0, 0.05) is 13.5 Å². The molecule has 0 saturated carbocycles. The van der Waals surface area contributed by atoms with Crippen molar-refractivity contribution in [2.75, 3.05) is 21.2 Å². The van der Waals surface area contributed by atoms with Crippen LogP contribution in [0.1, 0.15) is 6.42 Å². The van der Waals surface area contributed by atoms with Crippen molar-refractivity contribution in [3.63, 3.8) is 0 Å². The standard InChI is InChI=1S/C7H14N2O2/c1-9(2)5-4-6(10)8-7(5)11-3/h5,7H,4H2,1-3H3,(H,8,10)/t5-,7+/m1/s1. The molecule has 0 unspecified atom stereocenters. The molecular formula is C7H14N2O2. The maximum atomic E-state index is 10.9. The van der Waals surface area contributed by atoms with E-state index in [1.165, 1.54) is 0 Å². The average Bonchev–Trinajstić information content (AvgIpc) is 2.30. The minimum absolute atomic E-state index is 0.0653. The number of hydrogen-bond acceptors (Lipinski definition) is 3. The Morgan fingerprint density at radius 2 is 2.27 bits per heavy atom. The molecule has 2 atom stereocenters. The summed E-state index contributed by atoms with van der Waals surface area (Å²) in [6.45, 7) is 0. The van der Waals surface area contributed by atoms with Crippen molar-refractivity contribution in [3.8, 4) is 0 Å². The highest BCUT2D eigenvalue weighted by atomic mass is 16.5. The summed E-state index contributed by atoms with van der Waals surface area (Å²) in [5, 5.41) is 2.73. The van der Waals surface area contributed by atoms with Crippen LogP contribution in [0.4, 0.5) is 0 Å². The lowest BCUT2D eigenvalue weighted by Gasteiger charge is -2.23. The Morgan fingerprint density at radius 3 is 2.64 bits per heavy atom. The van der Waals surface area contributed by atoms with Gasteiger partial charge in [0.2, 0.25) is 5.91 Å². The van der Waals surface area contributed by atoms with Crippen molar-refractivity contribution < 1.29 is 9.53 Å². The van der Waals surface area contributed by atoms with Crippen LogP contribution in [-0.2, 0) is 9.53 Å². The van der Waals surface area contributed by atoms with Crippen molar-refractivity contribution in [1.29, 1.82) is 0 Å². The third-order valence-corrected chi connectivity index (χ3v) is 1.96. The summed E-state index contributed by atoms with van der Waals surface area (Å²) in [6, 6.07) is 0.174. The first-order chi connectivity index (χ1) is 5.15. The molecule has 4 nitrogen and oxygen atoms in total. The van der Waals surface area contributed by atoms with E-state index < -0.39 is 0 Å². The maximum absolute atomic E-state index is 10.9. The second-order valence-corrected chi connectivity index (χ2v) is 2.96. The van der Waals surface area contributed by atoms with Gasteiger partial charge in [0.1, 0.15) is 6.23 Å². The van der Waals surface area contributed by atoms with Crippen molar-refractivity contribution in [2.45, 2.75) is 18.7 Å². The van der Waals surface area contributed by atoms with Crippen LogP contribution >= 0.6 is 0 Å². The quantitative estimate of drug-likeness (QED) is 0.584. The zero-order chi connectivity index (χ0) is 8.43. The molecule has 0 aliphatic carbocycles. The van der Waals surface area contributed by atoms with E-state index in [2.05, 4.69) is 5.32 Å². The fourth-order valence-electron chi connectivity index (χ4n) is 1.28. The van der Waals surface area contributed by atoms with Gasteiger partial charge in [0.05, 0.1) is 6.04 Å². The Balaban J connectivity index is 2.57. The Labute approximate surface area is 66.5 Å². The Kier molecular flexibility index (Phi) is 2.46. The van der Waals surface area contributed by atoms with Gasteiger partial charge in [-0.2, -0.15) is 0 Å². The lowest BCUT2D eigenvalue weighted by molar-refractivity contribution is -0.120. The molecule has 64 valence electrons. The third kappa shape index (κ3) is 1.70. The van der Waals surface area contributed by atoms with Gasteiger partial charge in [0.15, 0.2) is 0 Å². The number of likely N-dealkylation sites (N-methyl/N-ethyl adjacent to an activating group) is 1. The molecule has 0 aromatic rings. The molecule has 1 saturated heterocycles. The molecule has 4 heteroatoms. The maximum Gasteiger partial charge on any atom is 0.223 e. The van der Waals surface area contributed by atoms with Gasteiger partial charge in [-0.15, -0.1) is 0 Å². The van der Waals surface area contributed by atoms with Gasteiger partial charge in [-0.25, -0.2) is 0 Å². The molecule has 11 heavy (non-hydrogen) atoms. The minimum Gasteiger partial charge on any atom is -0.360 e. The molecular weight excluding hydrogens is 144 g/mol. The highest BCUT2D eigenvalue weighted by Gasteiger charge is 2.33. The van der Waals surface area contributed by atoms with Crippen molar-refractivity contribution >= 4 is 5.91 Å². The number of ether oxygens (including phenoxy) is 1. The van der Waals surface area contributed by atoms with Crippen molar-refractivity contribution in [1.82, 2.24) is 10.2 Å². The Morgan fingerprint density at radius 1 is 1.64 bits per heavy atom. The molecule has 1 rings (SSSR count). The van der Waals surface area contributed by atoms with Crippen LogP contribution < -0.4 is 5.32 Å². The number of hydrogen-bond donors (Lipinski definition) is 1. The van der Waals surface area contributed by atoms with E-state index in [1.807, 2.05) is 19.0 Å². The molecule has 0 aromatic heterocycles. The highest BCUT2D eigenvalue weighted by Crippen LogP contribution is 2.12. The summed E-state index contributed by atoms with van der Waals surface area (Å²) in [5.41, 5.74) is 0. The fourth-order valence-corrected chi connectivity index (χ4v) is 1.28. The van der Waals surface area contributed by atoms with Crippen LogP contribution in [-0.4, -0.2) is 44.3 Å². The minimum atomic E-state index is -0.141. The van der Waals surface area contributed by atoms with Gasteiger partial charge < -0.3 is 15.0 Å². The topological polar surface area (TPSA) is 41.6 Å². The molecule has 0 radical (unpaired) electrons. The summed E-state index contributed by atoms with van der Waals surface area (Å²) < 4.78 is 5.08. The number of amides is 1. The van der Waals surface area contributed by atoms with Gasteiger partial charge in [0.25, 0.3) is 0 Å². The van der Waals surface area contributed by atoms with Crippen LogP contribution in [0.5, 0.6) is 0 Å². The number of carbonyl (C=O) groups is 1. The van der Waals surface area contributed by atoms with E-state index in [-0.39, 0.29) is 18.2 Å². The van der Waals surface area contributed by atoms with E-state index >= 15 is 0 Å². The first kappa shape index (κ1) is 8.49. The van der Waals surface area contributed by atoms with Crippen LogP contribution in [0.15, 0.2) is 0 Å². The molecule has 1 aliphatic rings. The first-order valence-corrected chi connectivity index (χ1v) is 3.63.